The molecule has 0 unspecified atom stereocenters. The second-order valence-corrected chi connectivity index (χ2v) is 15.6. The third-order valence-corrected chi connectivity index (χ3v) is 12.2. The maximum absolute atomic E-state index is 6.93. The quantitative estimate of drug-likeness (QED) is 0.167. The fourth-order valence-corrected chi connectivity index (χ4v) is 9.40. The van der Waals surface area contributed by atoms with Crippen molar-refractivity contribution in [1.82, 2.24) is 19.5 Å². The van der Waals surface area contributed by atoms with Crippen LogP contribution in [0.2, 0.25) is 0 Å². The van der Waals surface area contributed by atoms with Gasteiger partial charge in [0.15, 0.2) is 17.5 Å². The summed E-state index contributed by atoms with van der Waals surface area (Å²) in [6.45, 7) is 0. The Bertz CT molecular complexity index is 3910. The van der Waals surface area contributed by atoms with Crippen molar-refractivity contribution in [2.24, 2.45) is 0 Å². The molecule has 5 heteroatoms. The average molecular weight is 765 g/mol. The Morgan fingerprint density at radius 3 is 1.80 bits per heavy atom. The summed E-state index contributed by atoms with van der Waals surface area (Å²) in [5.74, 6) is 1.72. The molecule has 3 heterocycles. The van der Waals surface area contributed by atoms with Crippen LogP contribution in [-0.2, 0) is 0 Å². The molecular weight excluding hydrogens is 733 g/mol. The molecule has 60 heavy (non-hydrogen) atoms. The monoisotopic (exact) mass is 764 g/mol. The van der Waals surface area contributed by atoms with Gasteiger partial charge < -0.3 is 8.98 Å². The lowest BCUT2D eigenvalue weighted by Gasteiger charge is -2.16. The fourth-order valence-electron chi connectivity index (χ4n) is 9.40. The lowest BCUT2D eigenvalue weighted by Crippen LogP contribution is -2.04. The Kier molecular flexibility index (Phi) is 6.95. The Labute approximate surface area is 343 Å². The van der Waals surface area contributed by atoms with Crippen molar-refractivity contribution in [3.8, 4) is 39.9 Å². The number of aromatic nitrogens is 4. The van der Waals surface area contributed by atoms with E-state index in [-0.39, 0.29) is 0 Å². The molecule has 0 aliphatic rings. The SMILES string of the molecule is c1ccc2cc(-c3nc(-c4cc5ccccc5c5ccccc45)nc(-c4c(-n5c6ccccc6c6cc7ccccc7cc65)ccc5c4oc4ccccc45)n3)ccc2c1. The van der Waals surface area contributed by atoms with Gasteiger partial charge in [0.1, 0.15) is 11.2 Å². The second-order valence-electron chi connectivity index (χ2n) is 15.6. The summed E-state index contributed by atoms with van der Waals surface area (Å²) < 4.78 is 9.30. The zero-order valence-corrected chi connectivity index (χ0v) is 32.2. The predicted molar refractivity (Wildman–Crippen MR) is 248 cm³/mol. The summed E-state index contributed by atoms with van der Waals surface area (Å²) in [4.78, 5) is 16.3. The van der Waals surface area contributed by atoms with Gasteiger partial charge in [-0.15, -0.1) is 0 Å². The molecule has 5 nitrogen and oxygen atoms in total. The van der Waals surface area contributed by atoms with Crippen LogP contribution in [0.1, 0.15) is 0 Å². The number of rotatable bonds is 4. The molecule has 0 saturated carbocycles. The molecule has 0 radical (unpaired) electrons. The van der Waals surface area contributed by atoms with Gasteiger partial charge in [-0.25, -0.2) is 15.0 Å². The van der Waals surface area contributed by atoms with E-state index < -0.39 is 0 Å². The first-order valence-corrected chi connectivity index (χ1v) is 20.3. The van der Waals surface area contributed by atoms with Crippen LogP contribution in [0.4, 0.5) is 0 Å². The van der Waals surface area contributed by atoms with Crippen LogP contribution in [0.25, 0.3) is 127 Å². The van der Waals surface area contributed by atoms with E-state index >= 15 is 0 Å². The molecule has 0 spiro atoms. The average Bonchev–Trinajstić information content (AvgIpc) is 3.85. The van der Waals surface area contributed by atoms with Gasteiger partial charge in [0.05, 0.1) is 22.3 Å². The maximum atomic E-state index is 6.93. The summed E-state index contributed by atoms with van der Waals surface area (Å²) in [6.07, 6.45) is 0. The third kappa shape index (κ3) is 4.90. The molecule has 13 rings (SSSR count). The van der Waals surface area contributed by atoms with Gasteiger partial charge in [-0.05, 0) is 91.6 Å². The first-order chi connectivity index (χ1) is 29.7. The molecule has 10 aromatic carbocycles. The summed E-state index contributed by atoms with van der Waals surface area (Å²) >= 11 is 0. The summed E-state index contributed by atoms with van der Waals surface area (Å²) in [5, 5.41) is 13.6. The highest BCUT2D eigenvalue weighted by Gasteiger charge is 2.25. The van der Waals surface area contributed by atoms with Crippen LogP contribution < -0.4 is 0 Å². The molecule has 0 aliphatic carbocycles. The van der Waals surface area contributed by atoms with Gasteiger partial charge in [-0.3, -0.25) is 0 Å². The van der Waals surface area contributed by atoms with Crippen molar-refractivity contribution in [2.45, 2.75) is 0 Å². The zero-order valence-electron chi connectivity index (χ0n) is 32.2. The Morgan fingerprint density at radius 1 is 0.350 bits per heavy atom. The molecular formula is C55H32N4O. The van der Waals surface area contributed by atoms with E-state index in [0.717, 1.165) is 82.3 Å². The molecule has 0 aliphatic heterocycles. The first-order valence-electron chi connectivity index (χ1n) is 20.3. The van der Waals surface area contributed by atoms with Gasteiger partial charge in [0, 0.05) is 32.7 Å². The van der Waals surface area contributed by atoms with E-state index in [1.807, 2.05) is 12.1 Å². The minimum absolute atomic E-state index is 0.534. The van der Waals surface area contributed by atoms with Crippen LogP contribution in [0.3, 0.4) is 0 Å². The molecule has 0 saturated heterocycles. The predicted octanol–water partition coefficient (Wildman–Crippen LogP) is 14.5. The lowest BCUT2D eigenvalue weighted by atomic mass is 9.96. The van der Waals surface area contributed by atoms with E-state index in [4.69, 9.17) is 19.4 Å². The van der Waals surface area contributed by atoms with Crippen molar-refractivity contribution in [2.75, 3.05) is 0 Å². The van der Waals surface area contributed by atoms with E-state index in [0.29, 0.717) is 17.5 Å². The zero-order chi connectivity index (χ0) is 39.3. The number of hydrogen-bond acceptors (Lipinski definition) is 4. The second kappa shape index (κ2) is 12.7. The Balaban J connectivity index is 1.18. The van der Waals surface area contributed by atoms with Crippen molar-refractivity contribution >= 4 is 86.8 Å². The van der Waals surface area contributed by atoms with Crippen LogP contribution in [0.5, 0.6) is 0 Å². The van der Waals surface area contributed by atoms with Gasteiger partial charge >= 0.3 is 0 Å². The number of furan rings is 1. The molecule has 0 fully saturated rings. The molecule has 0 amide bonds. The number of para-hydroxylation sites is 2. The normalized spacial score (nSPS) is 12.0. The Morgan fingerprint density at radius 2 is 0.967 bits per heavy atom. The van der Waals surface area contributed by atoms with E-state index in [9.17, 15) is 0 Å². The summed E-state index contributed by atoms with van der Waals surface area (Å²) in [7, 11) is 0. The van der Waals surface area contributed by atoms with Gasteiger partial charge in [-0.1, -0.05) is 146 Å². The smallest absolute Gasteiger partial charge is 0.170 e. The number of nitrogens with zero attached hydrogens (tertiary/aromatic N) is 4. The van der Waals surface area contributed by atoms with E-state index in [1.165, 1.54) is 26.9 Å². The van der Waals surface area contributed by atoms with E-state index in [2.05, 4.69) is 187 Å². The highest BCUT2D eigenvalue weighted by atomic mass is 16.3. The van der Waals surface area contributed by atoms with Crippen molar-refractivity contribution in [3.63, 3.8) is 0 Å². The largest absolute Gasteiger partial charge is 0.455 e. The number of hydrogen-bond donors (Lipinski definition) is 0. The molecule has 3 aromatic heterocycles. The number of fused-ring (bicyclic) bond motifs is 11. The maximum Gasteiger partial charge on any atom is 0.170 e. The standard InChI is InChI=1S/C55H32N4O/c1-2-14-34-29-38(26-25-33(34)13-1)53-56-54(46-31-37-17-5-6-18-39(37)40-19-7-8-20-41(40)46)58-55(57-53)51-48(28-27-44-43-22-10-12-24-50(43)60-52(44)51)59-47-23-11-9-21-42(47)45-30-35-15-3-4-16-36(35)32-49(45)59/h1-32H. The number of benzene rings is 10. The molecule has 13 aromatic rings. The first kappa shape index (κ1) is 32.9. The van der Waals surface area contributed by atoms with Crippen molar-refractivity contribution in [1.29, 1.82) is 0 Å². The highest BCUT2D eigenvalue weighted by Crippen LogP contribution is 2.44. The molecule has 0 N–H and O–H groups in total. The Hall–Kier alpha value is -8.15. The van der Waals surface area contributed by atoms with E-state index in [1.54, 1.807) is 0 Å². The fraction of sp³-hybridized carbons (Fsp3) is 0. The molecule has 0 bridgehead atoms. The molecule has 0 atom stereocenters. The van der Waals surface area contributed by atoms with Crippen LogP contribution in [0, 0.1) is 0 Å². The highest BCUT2D eigenvalue weighted by molar-refractivity contribution is 6.17. The van der Waals surface area contributed by atoms with Gasteiger partial charge in [0.2, 0.25) is 0 Å². The van der Waals surface area contributed by atoms with Crippen molar-refractivity contribution < 1.29 is 4.42 Å². The minimum Gasteiger partial charge on any atom is -0.455 e. The minimum atomic E-state index is 0.534. The van der Waals surface area contributed by atoms with Crippen LogP contribution in [-0.4, -0.2) is 19.5 Å². The van der Waals surface area contributed by atoms with Crippen molar-refractivity contribution in [3.05, 3.63) is 194 Å². The van der Waals surface area contributed by atoms with Crippen LogP contribution >= 0.6 is 0 Å². The van der Waals surface area contributed by atoms with Gasteiger partial charge in [-0.2, -0.15) is 0 Å². The molecule has 278 valence electrons. The summed E-state index contributed by atoms with van der Waals surface area (Å²) in [5.41, 5.74) is 7.29. The lowest BCUT2D eigenvalue weighted by molar-refractivity contribution is 0.669. The van der Waals surface area contributed by atoms with Crippen LogP contribution in [0.15, 0.2) is 199 Å². The topological polar surface area (TPSA) is 56.7 Å². The summed E-state index contributed by atoms with van der Waals surface area (Å²) in [6, 6.07) is 68.6. The third-order valence-electron chi connectivity index (χ3n) is 12.2. The van der Waals surface area contributed by atoms with Gasteiger partial charge in [0.25, 0.3) is 0 Å².